The summed E-state index contributed by atoms with van der Waals surface area (Å²) in [6.45, 7) is 0. The zero-order valence-electron chi connectivity index (χ0n) is 9.41. The van der Waals surface area contributed by atoms with E-state index in [0.29, 0.717) is 0 Å². The van der Waals surface area contributed by atoms with E-state index in [2.05, 4.69) is 4.74 Å². The fraction of sp³-hybridized carbons (Fsp3) is 0.200. The highest BCUT2D eigenvalue weighted by molar-refractivity contribution is 7.93. The summed E-state index contributed by atoms with van der Waals surface area (Å²) in [6.07, 6.45) is 0. The lowest BCUT2D eigenvalue weighted by atomic mass is 10.2. The Bertz CT molecular complexity index is 565. The number of hydrogen-bond donors (Lipinski definition) is 2. The predicted octanol–water partition coefficient (Wildman–Crippen LogP) is 0.299. The number of esters is 1. The van der Waals surface area contributed by atoms with Gasteiger partial charge in [-0.1, -0.05) is 12.1 Å². The molecule has 0 heterocycles. The van der Waals surface area contributed by atoms with Gasteiger partial charge in [0.15, 0.2) is 5.75 Å². The Kier molecular flexibility index (Phi) is 4.27. The zero-order chi connectivity index (χ0) is 13.8. The van der Waals surface area contributed by atoms with Gasteiger partial charge in [0.25, 0.3) is 0 Å². The molecule has 1 rings (SSSR count). The highest BCUT2D eigenvalue weighted by Gasteiger charge is 2.19. The molecule has 0 fully saturated rings. The number of aromatic carboxylic acids is 1. The molecule has 18 heavy (non-hydrogen) atoms. The van der Waals surface area contributed by atoms with Crippen LogP contribution in [0.4, 0.5) is 5.69 Å². The molecule has 0 amide bonds. The van der Waals surface area contributed by atoms with Crippen molar-refractivity contribution in [2.45, 2.75) is 0 Å². The number of carboxylic acid groups (broad SMARTS) is 1. The van der Waals surface area contributed by atoms with Crippen LogP contribution in [0.1, 0.15) is 10.4 Å². The molecule has 0 saturated heterocycles. The zero-order valence-corrected chi connectivity index (χ0v) is 10.2. The first-order valence-corrected chi connectivity index (χ1v) is 6.40. The monoisotopic (exact) mass is 273 g/mol. The maximum Gasteiger partial charge on any atom is 0.337 e. The smallest absolute Gasteiger partial charge is 0.337 e. The van der Waals surface area contributed by atoms with Crippen molar-refractivity contribution < 1.29 is 27.9 Å². The van der Waals surface area contributed by atoms with Gasteiger partial charge in [-0.3, -0.25) is 9.52 Å². The van der Waals surface area contributed by atoms with Gasteiger partial charge in [-0.2, -0.15) is 0 Å². The quantitative estimate of drug-likeness (QED) is 0.747. The molecule has 0 unspecified atom stereocenters. The topological polar surface area (TPSA) is 110 Å². The van der Waals surface area contributed by atoms with Crippen LogP contribution in [0.15, 0.2) is 24.3 Å². The molecule has 0 atom stereocenters. The van der Waals surface area contributed by atoms with Gasteiger partial charge < -0.3 is 9.84 Å². The van der Waals surface area contributed by atoms with Crippen molar-refractivity contribution in [2.75, 3.05) is 17.6 Å². The Hall–Kier alpha value is -2.09. The van der Waals surface area contributed by atoms with Crippen LogP contribution >= 0.6 is 0 Å². The Morgan fingerprint density at radius 2 is 1.94 bits per heavy atom. The van der Waals surface area contributed by atoms with Crippen molar-refractivity contribution in [3.8, 4) is 0 Å². The molecule has 0 aliphatic carbocycles. The van der Waals surface area contributed by atoms with Crippen LogP contribution in [0.2, 0.25) is 0 Å². The third-order valence-corrected chi connectivity index (χ3v) is 3.11. The van der Waals surface area contributed by atoms with Crippen LogP contribution in [-0.4, -0.2) is 38.3 Å². The lowest BCUT2D eigenvalue weighted by Crippen LogP contribution is -2.24. The van der Waals surface area contributed by atoms with Gasteiger partial charge in [-0.15, -0.1) is 0 Å². The van der Waals surface area contributed by atoms with Crippen molar-refractivity contribution in [3.05, 3.63) is 29.8 Å². The first-order chi connectivity index (χ1) is 8.35. The molecule has 1 aromatic rings. The normalized spacial score (nSPS) is 10.7. The first kappa shape index (κ1) is 14.0. The molecule has 1 aromatic carbocycles. The van der Waals surface area contributed by atoms with Crippen molar-refractivity contribution in [2.24, 2.45) is 0 Å². The summed E-state index contributed by atoms with van der Waals surface area (Å²) in [6, 6.07) is 5.47. The third-order valence-electron chi connectivity index (χ3n) is 1.96. The number of sulfonamides is 1. The summed E-state index contributed by atoms with van der Waals surface area (Å²) >= 11 is 0. The van der Waals surface area contributed by atoms with Crippen LogP contribution < -0.4 is 4.72 Å². The molecule has 98 valence electrons. The number of carbonyl (C=O) groups is 2. The molecule has 2 N–H and O–H groups in total. The van der Waals surface area contributed by atoms with Gasteiger partial charge in [0, 0.05) is 0 Å². The second-order valence-corrected chi connectivity index (χ2v) is 5.01. The second kappa shape index (κ2) is 5.50. The number of anilines is 1. The number of carboxylic acids is 1. The first-order valence-electron chi connectivity index (χ1n) is 4.75. The van der Waals surface area contributed by atoms with Crippen LogP contribution in [0, 0.1) is 0 Å². The number of methoxy groups -OCH3 is 1. The van der Waals surface area contributed by atoms with Crippen LogP contribution in [0.3, 0.4) is 0 Å². The van der Waals surface area contributed by atoms with Crippen molar-refractivity contribution in [1.29, 1.82) is 0 Å². The Morgan fingerprint density at radius 1 is 1.33 bits per heavy atom. The van der Waals surface area contributed by atoms with Crippen LogP contribution in [0.25, 0.3) is 0 Å². The van der Waals surface area contributed by atoms with Gasteiger partial charge >= 0.3 is 11.9 Å². The van der Waals surface area contributed by atoms with E-state index in [4.69, 9.17) is 5.11 Å². The van der Waals surface area contributed by atoms with Gasteiger partial charge in [-0.25, -0.2) is 13.2 Å². The summed E-state index contributed by atoms with van der Waals surface area (Å²) in [7, 11) is -2.93. The molecule has 0 bridgehead atoms. The predicted molar refractivity (Wildman–Crippen MR) is 62.8 cm³/mol. The van der Waals surface area contributed by atoms with Crippen molar-refractivity contribution in [1.82, 2.24) is 0 Å². The molecule has 8 heteroatoms. The SMILES string of the molecule is COC(=O)CS(=O)(=O)Nc1ccccc1C(=O)O. The molecular formula is C10H11NO6S. The largest absolute Gasteiger partial charge is 0.478 e. The Balaban J connectivity index is 2.98. The van der Waals surface area contributed by atoms with E-state index < -0.39 is 27.7 Å². The number of carbonyl (C=O) groups excluding carboxylic acids is 1. The summed E-state index contributed by atoms with van der Waals surface area (Å²) in [5, 5.41) is 8.86. The molecule has 0 spiro atoms. The van der Waals surface area contributed by atoms with E-state index in [0.717, 1.165) is 7.11 Å². The average molecular weight is 273 g/mol. The van der Waals surface area contributed by atoms with E-state index >= 15 is 0 Å². The molecule has 0 aliphatic rings. The minimum Gasteiger partial charge on any atom is -0.478 e. The Labute approximate surface area is 103 Å². The summed E-state index contributed by atoms with van der Waals surface area (Å²) in [5.74, 6) is -3.08. The standard InChI is InChI=1S/C10H11NO6S/c1-17-9(12)6-18(15,16)11-8-5-3-2-4-7(8)10(13)14/h2-5,11H,6H2,1H3,(H,13,14). The van der Waals surface area contributed by atoms with Gasteiger partial charge in [0.1, 0.15) is 0 Å². The van der Waals surface area contributed by atoms with E-state index in [1.165, 1.54) is 24.3 Å². The summed E-state index contributed by atoms with van der Waals surface area (Å²) in [5.41, 5.74) is -0.306. The van der Waals surface area contributed by atoms with Gasteiger partial charge in [0.05, 0.1) is 18.4 Å². The van der Waals surface area contributed by atoms with E-state index in [-0.39, 0.29) is 11.3 Å². The molecule has 0 aromatic heterocycles. The number of benzene rings is 1. The average Bonchev–Trinajstić information content (AvgIpc) is 2.28. The number of rotatable bonds is 5. The van der Waals surface area contributed by atoms with Crippen LogP contribution in [0.5, 0.6) is 0 Å². The lowest BCUT2D eigenvalue weighted by Gasteiger charge is -2.09. The third kappa shape index (κ3) is 3.74. The maximum atomic E-state index is 11.5. The highest BCUT2D eigenvalue weighted by Crippen LogP contribution is 2.16. The minimum absolute atomic E-state index is 0.103. The fourth-order valence-corrected chi connectivity index (χ4v) is 2.19. The molecule has 0 radical (unpaired) electrons. The van der Waals surface area contributed by atoms with E-state index in [9.17, 15) is 18.0 Å². The molecule has 0 aliphatic heterocycles. The van der Waals surface area contributed by atoms with Gasteiger partial charge in [-0.05, 0) is 12.1 Å². The van der Waals surface area contributed by atoms with E-state index in [1.54, 1.807) is 0 Å². The molecule has 0 saturated carbocycles. The van der Waals surface area contributed by atoms with E-state index in [1.807, 2.05) is 4.72 Å². The number of para-hydroxylation sites is 1. The highest BCUT2D eigenvalue weighted by atomic mass is 32.2. The summed E-state index contributed by atoms with van der Waals surface area (Å²) in [4.78, 5) is 21.7. The fourth-order valence-electron chi connectivity index (χ4n) is 1.18. The lowest BCUT2D eigenvalue weighted by molar-refractivity contribution is -0.137. The second-order valence-electron chi connectivity index (χ2n) is 3.29. The number of nitrogens with one attached hydrogen (secondary N) is 1. The molecule has 7 nitrogen and oxygen atoms in total. The number of ether oxygens (including phenoxy) is 1. The van der Waals surface area contributed by atoms with Gasteiger partial charge in [0.2, 0.25) is 10.0 Å². The van der Waals surface area contributed by atoms with Crippen molar-refractivity contribution >= 4 is 27.6 Å². The number of hydrogen-bond acceptors (Lipinski definition) is 5. The molecular weight excluding hydrogens is 262 g/mol. The Morgan fingerprint density at radius 3 is 2.50 bits per heavy atom. The summed E-state index contributed by atoms with van der Waals surface area (Å²) < 4.78 is 29.3. The van der Waals surface area contributed by atoms with Crippen molar-refractivity contribution in [3.63, 3.8) is 0 Å². The maximum absolute atomic E-state index is 11.5. The van der Waals surface area contributed by atoms with Crippen LogP contribution in [-0.2, 0) is 19.6 Å². The minimum atomic E-state index is -3.99.